The van der Waals surface area contributed by atoms with Gasteiger partial charge in [0.1, 0.15) is 23.4 Å². The van der Waals surface area contributed by atoms with Crippen LogP contribution >= 0.6 is 0 Å². The van der Waals surface area contributed by atoms with E-state index < -0.39 is 6.10 Å². The van der Waals surface area contributed by atoms with Crippen LogP contribution in [0.2, 0.25) is 0 Å². The summed E-state index contributed by atoms with van der Waals surface area (Å²) in [6, 6.07) is 8.26. The number of methoxy groups -OCH3 is 3. The van der Waals surface area contributed by atoms with Crippen molar-refractivity contribution in [3.63, 3.8) is 0 Å². The number of rotatable bonds is 4. The summed E-state index contributed by atoms with van der Waals surface area (Å²) in [5.41, 5.74) is 1.62. The van der Waals surface area contributed by atoms with Gasteiger partial charge in [-0.15, -0.1) is 0 Å². The highest BCUT2D eigenvalue weighted by Crippen LogP contribution is 2.49. The normalized spacial score (nSPS) is 22.0. The molecule has 0 radical (unpaired) electrons. The number of aromatic hydroxyl groups is 2. The van der Waals surface area contributed by atoms with Crippen LogP contribution in [-0.4, -0.2) is 37.6 Å². The van der Waals surface area contributed by atoms with Gasteiger partial charge in [-0.3, -0.25) is 0 Å². The Kier molecular flexibility index (Phi) is 4.63. The zero-order valence-corrected chi connectivity index (χ0v) is 14.6. The van der Waals surface area contributed by atoms with E-state index in [4.69, 9.17) is 18.9 Å². The van der Waals surface area contributed by atoms with Gasteiger partial charge in [-0.1, -0.05) is 13.0 Å². The molecule has 2 N–H and O–H groups in total. The molecule has 1 heterocycles. The third-order valence-electron chi connectivity index (χ3n) is 4.63. The lowest BCUT2D eigenvalue weighted by Crippen LogP contribution is -2.35. The van der Waals surface area contributed by atoms with E-state index in [1.54, 1.807) is 27.4 Å². The van der Waals surface area contributed by atoms with Crippen LogP contribution in [0.3, 0.4) is 0 Å². The monoisotopic (exact) mass is 346 g/mol. The van der Waals surface area contributed by atoms with Gasteiger partial charge in [0.05, 0.1) is 14.2 Å². The molecule has 0 saturated heterocycles. The summed E-state index contributed by atoms with van der Waals surface area (Å²) < 4.78 is 22.7. The average Bonchev–Trinajstić information content (AvgIpc) is 2.62. The van der Waals surface area contributed by atoms with Gasteiger partial charge in [0.2, 0.25) is 0 Å². The lowest BCUT2D eigenvalue weighted by atomic mass is 9.85. The van der Waals surface area contributed by atoms with Crippen LogP contribution in [0.4, 0.5) is 0 Å². The number of ether oxygens (including phenoxy) is 4. The first-order valence-corrected chi connectivity index (χ1v) is 7.97. The zero-order chi connectivity index (χ0) is 18.1. The molecule has 2 aromatic carbocycles. The van der Waals surface area contributed by atoms with Crippen LogP contribution in [0.1, 0.15) is 30.1 Å². The molecule has 6 heteroatoms. The Labute approximate surface area is 146 Å². The Morgan fingerprint density at radius 1 is 0.960 bits per heavy atom. The Balaban J connectivity index is 2.10. The SMILES string of the molecule is COc1cc(OC)c2c(c1)O[C@H](c1ccc(O)c(O)c1)[C@@H](OC)C2C. The molecule has 0 bridgehead atoms. The maximum atomic E-state index is 9.83. The van der Waals surface area contributed by atoms with E-state index in [1.165, 1.54) is 12.1 Å². The minimum atomic E-state index is -0.448. The summed E-state index contributed by atoms with van der Waals surface area (Å²) in [7, 11) is 4.81. The molecular weight excluding hydrogens is 324 g/mol. The lowest BCUT2D eigenvalue weighted by Gasteiger charge is -2.38. The van der Waals surface area contributed by atoms with E-state index in [0.29, 0.717) is 22.8 Å². The smallest absolute Gasteiger partial charge is 0.157 e. The van der Waals surface area contributed by atoms with Crippen LogP contribution in [-0.2, 0) is 4.74 Å². The van der Waals surface area contributed by atoms with Crippen molar-refractivity contribution in [2.45, 2.75) is 25.0 Å². The summed E-state index contributed by atoms with van der Waals surface area (Å²) in [6.07, 6.45) is -0.741. The van der Waals surface area contributed by atoms with Gasteiger partial charge >= 0.3 is 0 Å². The first-order valence-electron chi connectivity index (χ1n) is 7.97. The maximum absolute atomic E-state index is 9.83. The molecule has 1 unspecified atom stereocenters. The number of fused-ring (bicyclic) bond motifs is 1. The summed E-state index contributed by atoms with van der Waals surface area (Å²) in [5.74, 6) is 1.56. The number of phenols is 2. The average molecular weight is 346 g/mol. The first kappa shape index (κ1) is 17.2. The number of hydrogen-bond acceptors (Lipinski definition) is 6. The number of hydrogen-bond donors (Lipinski definition) is 2. The molecule has 1 aliphatic heterocycles. The largest absolute Gasteiger partial charge is 0.504 e. The van der Waals surface area contributed by atoms with Crippen LogP contribution in [0.5, 0.6) is 28.7 Å². The van der Waals surface area contributed by atoms with Gasteiger partial charge in [0.25, 0.3) is 0 Å². The first-order chi connectivity index (χ1) is 12.0. The third-order valence-corrected chi connectivity index (χ3v) is 4.63. The summed E-state index contributed by atoms with van der Waals surface area (Å²) in [4.78, 5) is 0. The second-order valence-corrected chi connectivity index (χ2v) is 6.02. The van der Waals surface area contributed by atoms with Crippen molar-refractivity contribution in [3.05, 3.63) is 41.5 Å². The van der Waals surface area contributed by atoms with E-state index >= 15 is 0 Å². The predicted octanol–water partition coefficient (Wildman–Crippen LogP) is 3.37. The highest BCUT2D eigenvalue weighted by Gasteiger charge is 2.39. The second kappa shape index (κ2) is 6.72. The molecule has 6 nitrogen and oxygen atoms in total. The molecule has 2 aromatic rings. The van der Waals surface area contributed by atoms with E-state index in [-0.39, 0.29) is 23.5 Å². The predicted molar refractivity (Wildman–Crippen MR) is 91.9 cm³/mol. The molecule has 0 aliphatic carbocycles. The molecular formula is C19H22O6. The molecule has 3 rings (SSSR count). The van der Waals surface area contributed by atoms with Gasteiger partial charge in [-0.05, 0) is 17.7 Å². The van der Waals surface area contributed by atoms with Gasteiger partial charge < -0.3 is 29.2 Å². The standard InChI is InChI=1S/C19H22O6/c1-10-17-15(23-3)8-12(22-2)9-16(17)25-19(18(10)24-4)11-5-6-13(20)14(21)7-11/h5-10,18-21H,1-4H3/t10?,18-,19+/m0/s1. The summed E-state index contributed by atoms with van der Waals surface area (Å²) in [5, 5.41) is 19.4. The summed E-state index contributed by atoms with van der Waals surface area (Å²) in [6.45, 7) is 2.04. The third kappa shape index (κ3) is 2.93. The van der Waals surface area contributed by atoms with E-state index in [9.17, 15) is 10.2 Å². The molecule has 134 valence electrons. The van der Waals surface area contributed by atoms with Gasteiger partial charge in [0.15, 0.2) is 17.6 Å². The molecule has 0 spiro atoms. The van der Waals surface area contributed by atoms with Gasteiger partial charge in [0, 0.05) is 30.7 Å². The van der Waals surface area contributed by atoms with Crippen LogP contribution < -0.4 is 14.2 Å². The summed E-state index contributed by atoms with van der Waals surface area (Å²) >= 11 is 0. The fourth-order valence-electron chi connectivity index (χ4n) is 3.34. The van der Waals surface area contributed by atoms with Crippen molar-refractivity contribution in [1.29, 1.82) is 0 Å². The van der Waals surface area contributed by atoms with Gasteiger partial charge in [-0.25, -0.2) is 0 Å². The van der Waals surface area contributed by atoms with Crippen molar-refractivity contribution in [2.75, 3.05) is 21.3 Å². The fraction of sp³-hybridized carbons (Fsp3) is 0.368. The van der Waals surface area contributed by atoms with Crippen LogP contribution in [0, 0.1) is 0 Å². The molecule has 25 heavy (non-hydrogen) atoms. The quantitative estimate of drug-likeness (QED) is 0.827. The van der Waals surface area contributed by atoms with Crippen LogP contribution in [0.25, 0.3) is 0 Å². The zero-order valence-electron chi connectivity index (χ0n) is 14.6. The molecule has 3 atom stereocenters. The fourth-order valence-corrected chi connectivity index (χ4v) is 3.34. The van der Waals surface area contributed by atoms with E-state index in [0.717, 1.165) is 5.56 Å². The van der Waals surface area contributed by atoms with Crippen LogP contribution in [0.15, 0.2) is 30.3 Å². The van der Waals surface area contributed by atoms with Crippen molar-refractivity contribution < 1.29 is 29.2 Å². The van der Waals surface area contributed by atoms with E-state index in [1.807, 2.05) is 19.1 Å². The molecule has 1 aliphatic rings. The highest BCUT2D eigenvalue weighted by atomic mass is 16.5. The second-order valence-electron chi connectivity index (χ2n) is 6.02. The number of phenolic OH excluding ortho intramolecular Hbond substituents is 2. The van der Waals surface area contributed by atoms with Gasteiger partial charge in [-0.2, -0.15) is 0 Å². The Hall–Kier alpha value is -2.60. The molecule has 0 aromatic heterocycles. The Morgan fingerprint density at radius 2 is 1.72 bits per heavy atom. The molecule has 0 fully saturated rings. The Morgan fingerprint density at radius 3 is 2.32 bits per heavy atom. The van der Waals surface area contributed by atoms with Crippen molar-refractivity contribution in [2.24, 2.45) is 0 Å². The molecule has 0 saturated carbocycles. The number of benzene rings is 2. The Bertz CT molecular complexity index is 773. The minimum Gasteiger partial charge on any atom is -0.504 e. The minimum absolute atomic E-state index is 0.0180. The highest BCUT2D eigenvalue weighted by molar-refractivity contribution is 5.55. The maximum Gasteiger partial charge on any atom is 0.157 e. The van der Waals surface area contributed by atoms with Crippen molar-refractivity contribution >= 4 is 0 Å². The lowest BCUT2D eigenvalue weighted by molar-refractivity contribution is -0.0278. The van der Waals surface area contributed by atoms with Crippen molar-refractivity contribution in [3.8, 4) is 28.7 Å². The topological polar surface area (TPSA) is 77.4 Å². The molecule has 0 amide bonds. The van der Waals surface area contributed by atoms with E-state index in [2.05, 4.69) is 0 Å². The van der Waals surface area contributed by atoms with Crippen molar-refractivity contribution in [1.82, 2.24) is 0 Å².